The number of amides is 1. The van der Waals surface area contributed by atoms with E-state index in [4.69, 9.17) is 4.74 Å². The van der Waals surface area contributed by atoms with E-state index in [2.05, 4.69) is 14.9 Å². The molecule has 0 aliphatic rings. The molecule has 0 spiro atoms. The Morgan fingerprint density at radius 2 is 2.00 bits per heavy atom. The third-order valence-corrected chi connectivity index (χ3v) is 4.02. The van der Waals surface area contributed by atoms with Crippen LogP contribution in [0, 0.1) is 13.8 Å². The average molecular weight is 330 g/mol. The fraction of sp³-hybridized carbons (Fsp3) is 0.444. The van der Waals surface area contributed by atoms with Crippen LogP contribution in [0.1, 0.15) is 27.3 Å². The number of aromatic amines is 1. The number of rotatable bonds is 7. The maximum absolute atomic E-state index is 13.0. The van der Waals surface area contributed by atoms with Crippen LogP contribution in [0.25, 0.3) is 0 Å². The van der Waals surface area contributed by atoms with Gasteiger partial charge in [0.2, 0.25) is 0 Å². The second-order valence-corrected chi connectivity index (χ2v) is 6.19. The molecule has 24 heavy (non-hydrogen) atoms. The van der Waals surface area contributed by atoms with Crippen molar-refractivity contribution in [1.29, 1.82) is 0 Å². The zero-order valence-corrected chi connectivity index (χ0v) is 15.1. The second-order valence-electron chi connectivity index (χ2n) is 6.19. The Hall–Kier alpha value is -2.34. The minimum Gasteiger partial charge on any atom is -0.496 e. The minimum atomic E-state index is 0.00463. The molecule has 1 N–H and O–H groups in total. The summed E-state index contributed by atoms with van der Waals surface area (Å²) in [5.74, 6) is 0.791. The molecule has 0 bridgehead atoms. The van der Waals surface area contributed by atoms with Gasteiger partial charge in [-0.2, -0.15) is 0 Å². The Labute approximate surface area is 143 Å². The van der Waals surface area contributed by atoms with Crippen molar-refractivity contribution >= 4 is 5.91 Å². The lowest BCUT2D eigenvalue weighted by Gasteiger charge is -2.24. The third kappa shape index (κ3) is 4.35. The van der Waals surface area contributed by atoms with Gasteiger partial charge in [0.15, 0.2) is 0 Å². The SMILES string of the molecule is COc1ccc(C(=O)N(CCN(C)C)Cc2nc[nH]c2C)cc1C. The van der Waals surface area contributed by atoms with Gasteiger partial charge in [0.1, 0.15) is 5.75 Å². The van der Waals surface area contributed by atoms with E-state index in [-0.39, 0.29) is 5.91 Å². The molecular formula is C18H26N4O2. The number of nitrogens with one attached hydrogen (secondary N) is 1. The Morgan fingerprint density at radius 1 is 1.25 bits per heavy atom. The van der Waals surface area contributed by atoms with Crippen LogP contribution in [0.15, 0.2) is 24.5 Å². The molecule has 0 aliphatic heterocycles. The Bertz CT molecular complexity index is 694. The topological polar surface area (TPSA) is 61.5 Å². The van der Waals surface area contributed by atoms with Gasteiger partial charge in [0, 0.05) is 24.3 Å². The summed E-state index contributed by atoms with van der Waals surface area (Å²) in [4.78, 5) is 24.3. The van der Waals surface area contributed by atoms with Crippen LogP contribution in [0.4, 0.5) is 0 Å². The number of hydrogen-bond acceptors (Lipinski definition) is 4. The number of likely N-dealkylation sites (N-methyl/N-ethyl adjacent to an activating group) is 1. The van der Waals surface area contributed by atoms with Gasteiger partial charge < -0.3 is 19.5 Å². The summed E-state index contributed by atoms with van der Waals surface area (Å²) in [6.07, 6.45) is 1.66. The van der Waals surface area contributed by atoms with Crippen LogP contribution in [0.5, 0.6) is 5.75 Å². The number of nitrogens with zero attached hydrogens (tertiary/aromatic N) is 3. The first kappa shape index (κ1) is 18.0. The molecular weight excluding hydrogens is 304 g/mol. The van der Waals surface area contributed by atoms with Crippen molar-refractivity contribution in [3.63, 3.8) is 0 Å². The molecule has 2 rings (SSSR count). The second kappa shape index (κ2) is 7.97. The van der Waals surface area contributed by atoms with Gasteiger partial charge in [-0.3, -0.25) is 4.79 Å². The summed E-state index contributed by atoms with van der Waals surface area (Å²) < 4.78 is 5.27. The van der Waals surface area contributed by atoms with Crippen molar-refractivity contribution in [2.24, 2.45) is 0 Å². The van der Waals surface area contributed by atoms with E-state index in [0.29, 0.717) is 18.7 Å². The molecule has 0 unspecified atom stereocenters. The summed E-state index contributed by atoms with van der Waals surface area (Å²) in [6, 6.07) is 5.53. The summed E-state index contributed by atoms with van der Waals surface area (Å²) in [6.45, 7) is 5.84. The number of aryl methyl sites for hydroxylation is 2. The van der Waals surface area contributed by atoms with Gasteiger partial charge in [-0.15, -0.1) is 0 Å². The van der Waals surface area contributed by atoms with Crippen molar-refractivity contribution < 1.29 is 9.53 Å². The van der Waals surface area contributed by atoms with Gasteiger partial charge in [-0.1, -0.05) is 0 Å². The first-order chi connectivity index (χ1) is 11.4. The van der Waals surface area contributed by atoms with E-state index in [1.807, 2.05) is 51.0 Å². The molecule has 1 amide bonds. The van der Waals surface area contributed by atoms with Crippen molar-refractivity contribution in [3.05, 3.63) is 47.0 Å². The molecule has 6 nitrogen and oxygen atoms in total. The molecule has 1 aromatic carbocycles. The number of methoxy groups -OCH3 is 1. The van der Waals surface area contributed by atoms with Crippen molar-refractivity contribution in [3.8, 4) is 5.75 Å². The molecule has 0 fully saturated rings. The third-order valence-electron chi connectivity index (χ3n) is 4.02. The number of carbonyl (C=O) groups excluding carboxylic acids is 1. The standard InChI is InChI=1S/C18H26N4O2/c1-13-10-15(6-7-17(13)24-5)18(23)22(9-8-21(3)4)11-16-14(2)19-12-20-16/h6-7,10,12H,8-9,11H2,1-5H3,(H,19,20). The summed E-state index contributed by atoms with van der Waals surface area (Å²) in [5, 5.41) is 0. The maximum Gasteiger partial charge on any atom is 0.254 e. The first-order valence-electron chi connectivity index (χ1n) is 8.00. The largest absolute Gasteiger partial charge is 0.496 e. The van der Waals surface area contributed by atoms with Crippen molar-refractivity contribution in [2.75, 3.05) is 34.3 Å². The number of carbonyl (C=O) groups is 1. The molecule has 6 heteroatoms. The number of hydrogen-bond donors (Lipinski definition) is 1. The number of benzene rings is 1. The smallest absolute Gasteiger partial charge is 0.254 e. The molecule has 2 aromatic rings. The monoisotopic (exact) mass is 330 g/mol. The summed E-state index contributed by atoms with van der Waals surface area (Å²) in [5.41, 5.74) is 3.50. The fourth-order valence-electron chi connectivity index (χ4n) is 2.49. The van der Waals surface area contributed by atoms with Gasteiger partial charge in [0.25, 0.3) is 5.91 Å². The van der Waals surface area contributed by atoms with Crippen molar-refractivity contribution in [1.82, 2.24) is 19.8 Å². The van der Waals surface area contributed by atoms with Crippen LogP contribution >= 0.6 is 0 Å². The minimum absolute atomic E-state index is 0.00463. The highest BCUT2D eigenvalue weighted by atomic mass is 16.5. The van der Waals surface area contributed by atoms with Gasteiger partial charge in [-0.25, -0.2) is 4.98 Å². The molecule has 1 heterocycles. The lowest BCUT2D eigenvalue weighted by atomic mass is 10.1. The van der Waals surface area contributed by atoms with Crippen LogP contribution in [-0.2, 0) is 6.54 Å². The molecule has 0 aliphatic carbocycles. The highest BCUT2D eigenvalue weighted by Gasteiger charge is 2.19. The molecule has 130 valence electrons. The lowest BCUT2D eigenvalue weighted by molar-refractivity contribution is 0.0729. The molecule has 0 atom stereocenters. The Balaban J connectivity index is 2.23. The van der Waals surface area contributed by atoms with E-state index in [1.54, 1.807) is 13.4 Å². The number of H-pyrrole nitrogens is 1. The predicted molar refractivity (Wildman–Crippen MR) is 94.4 cm³/mol. The van der Waals surface area contributed by atoms with Gasteiger partial charge in [0.05, 0.1) is 25.7 Å². The zero-order chi connectivity index (χ0) is 17.7. The Kier molecular flexibility index (Phi) is 5.98. The normalized spacial score (nSPS) is 10.9. The van der Waals surface area contributed by atoms with Gasteiger partial charge >= 0.3 is 0 Å². The van der Waals surface area contributed by atoms with E-state index in [9.17, 15) is 4.79 Å². The molecule has 0 saturated heterocycles. The average Bonchev–Trinajstić information content (AvgIpc) is 2.95. The number of imidazole rings is 1. The molecule has 0 radical (unpaired) electrons. The number of aromatic nitrogens is 2. The van der Waals surface area contributed by atoms with Crippen LogP contribution in [0.3, 0.4) is 0 Å². The van der Waals surface area contributed by atoms with E-state index >= 15 is 0 Å². The van der Waals surface area contributed by atoms with Crippen LogP contribution in [-0.4, -0.2) is 60.0 Å². The zero-order valence-electron chi connectivity index (χ0n) is 15.1. The lowest BCUT2D eigenvalue weighted by Crippen LogP contribution is -2.36. The fourth-order valence-corrected chi connectivity index (χ4v) is 2.49. The van der Waals surface area contributed by atoms with Crippen LogP contribution < -0.4 is 4.74 Å². The highest BCUT2D eigenvalue weighted by Crippen LogP contribution is 2.20. The molecule has 1 aromatic heterocycles. The van der Waals surface area contributed by atoms with Gasteiger partial charge in [-0.05, 0) is 51.7 Å². The Morgan fingerprint density at radius 3 is 2.54 bits per heavy atom. The van der Waals surface area contributed by atoms with E-state index in [1.165, 1.54) is 0 Å². The molecule has 0 saturated carbocycles. The first-order valence-corrected chi connectivity index (χ1v) is 8.00. The maximum atomic E-state index is 13.0. The van der Waals surface area contributed by atoms with Crippen molar-refractivity contribution in [2.45, 2.75) is 20.4 Å². The van der Waals surface area contributed by atoms with E-state index in [0.717, 1.165) is 29.2 Å². The van der Waals surface area contributed by atoms with Crippen LogP contribution in [0.2, 0.25) is 0 Å². The quantitative estimate of drug-likeness (QED) is 0.846. The summed E-state index contributed by atoms with van der Waals surface area (Å²) in [7, 11) is 5.63. The summed E-state index contributed by atoms with van der Waals surface area (Å²) >= 11 is 0. The predicted octanol–water partition coefficient (Wildman–Crippen LogP) is 2.24. The highest BCUT2D eigenvalue weighted by molar-refractivity contribution is 5.94. The van der Waals surface area contributed by atoms with E-state index < -0.39 is 0 Å². The number of ether oxygens (including phenoxy) is 1.